The smallest absolute Gasteiger partial charge is 0.194 e. The normalized spacial score (nSPS) is 14.5. The van der Waals surface area contributed by atoms with Gasteiger partial charge in [0.05, 0.1) is 25.0 Å². The van der Waals surface area contributed by atoms with Crippen molar-refractivity contribution < 1.29 is 4.74 Å². The molecule has 0 amide bonds. The summed E-state index contributed by atoms with van der Waals surface area (Å²) in [5.41, 5.74) is 4.29. The number of guanidine groups is 1. The summed E-state index contributed by atoms with van der Waals surface area (Å²) < 4.78 is 7.41. The van der Waals surface area contributed by atoms with Crippen molar-refractivity contribution in [3.05, 3.63) is 65.6 Å². The molecule has 8 heteroatoms. The first-order chi connectivity index (χ1) is 16.1. The summed E-state index contributed by atoms with van der Waals surface area (Å²) in [6, 6.07) is 14.3. The van der Waals surface area contributed by atoms with Crippen molar-refractivity contribution in [2.75, 3.05) is 44.7 Å². The molecular formula is C25H33N7O. The predicted octanol–water partition coefficient (Wildman–Crippen LogP) is 3.18. The molecule has 33 heavy (non-hydrogen) atoms. The highest BCUT2D eigenvalue weighted by atomic mass is 16.5. The number of anilines is 1. The van der Waals surface area contributed by atoms with E-state index in [9.17, 15) is 0 Å². The molecular weight excluding hydrogens is 414 g/mol. The van der Waals surface area contributed by atoms with Crippen molar-refractivity contribution in [3.8, 4) is 11.6 Å². The number of rotatable bonds is 6. The second-order valence-electron chi connectivity index (χ2n) is 8.18. The van der Waals surface area contributed by atoms with Crippen LogP contribution in [0.3, 0.4) is 0 Å². The largest absolute Gasteiger partial charge is 0.495 e. The Bertz CT molecular complexity index is 1080. The van der Waals surface area contributed by atoms with Gasteiger partial charge in [0, 0.05) is 44.6 Å². The summed E-state index contributed by atoms with van der Waals surface area (Å²) in [5.74, 6) is 2.69. The van der Waals surface area contributed by atoms with Gasteiger partial charge in [-0.2, -0.15) is 5.10 Å². The maximum absolute atomic E-state index is 5.54. The zero-order chi connectivity index (χ0) is 23.2. The second-order valence-corrected chi connectivity index (χ2v) is 8.18. The molecule has 4 rings (SSSR count). The molecule has 0 spiro atoms. The first-order valence-corrected chi connectivity index (χ1v) is 11.5. The summed E-state index contributed by atoms with van der Waals surface area (Å²) in [6.45, 7) is 11.2. The van der Waals surface area contributed by atoms with Crippen LogP contribution in [0.25, 0.3) is 5.82 Å². The number of aryl methyl sites for hydroxylation is 2. The Labute approximate surface area is 195 Å². The van der Waals surface area contributed by atoms with E-state index in [1.807, 2.05) is 42.9 Å². The molecule has 1 aliphatic heterocycles. The van der Waals surface area contributed by atoms with Crippen LogP contribution in [0.2, 0.25) is 0 Å². The van der Waals surface area contributed by atoms with Crippen LogP contribution in [0, 0.1) is 13.8 Å². The summed E-state index contributed by atoms with van der Waals surface area (Å²) in [5, 5.41) is 7.95. The predicted molar refractivity (Wildman–Crippen MR) is 132 cm³/mol. The van der Waals surface area contributed by atoms with E-state index in [0.717, 1.165) is 72.9 Å². The van der Waals surface area contributed by atoms with E-state index < -0.39 is 0 Å². The zero-order valence-corrected chi connectivity index (χ0v) is 20.0. The lowest BCUT2D eigenvalue weighted by Gasteiger charge is -2.38. The Balaban J connectivity index is 1.40. The number of pyridine rings is 1. The molecule has 8 nitrogen and oxygen atoms in total. The minimum atomic E-state index is 0.583. The van der Waals surface area contributed by atoms with Gasteiger partial charge in [-0.15, -0.1) is 0 Å². The fraction of sp³-hybridized carbons (Fsp3) is 0.400. The van der Waals surface area contributed by atoms with Crippen molar-refractivity contribution in [1.29, 1.82) is 0 Å². The average molecular weight is 448 g/mol. The molecule has 0 unspecified atom stereocenters. The lowest BCUT2D eigenvalue weighted by Crippen LogP contribution is -2.52. The van der Waals surface area contributed by atoms with Crippen LogP contribution in [0.15, 0.2) is 53.7 Å². The van der Waals surface area contributed by atoms with Gasteiger partial charge >= 0.3 is 0 Å². The Morgan fingerprint density at radius 1 is 1.09 bits per heavy atom. The Kier molecular flexibility index (Phi) is 7.12. The molecule has 174 valence electrons. The van der Waals surface area contributed by atoms with E-state index in [0.29, 0.717) is 6.54 Å². The third kappa shape index (κ3) is 5.27. The van der Waals surface area contributed by atoms with Crippen LogP contribution in [-0.4, -0.2) is 65.5 Å². The number of aromatic nitrogens is 3. The van der Waals surface area contributed by atoms with Gasteiger partial charge in [-0.1, -0.05) is 18.2 Å². The van der Waals surface area contributed by atoms with Gasteiger partial charge in [-0.3, -0.25) is 0 Å². The molecule has 1 aromatic carbocycles. The minimum Gasteiger partial charge on any atom is -0.495 e. The lowest BCUT2D eigenvalue weighted by atomic mass is 10.2. The average Bonchev–Trinajstić information content (AvgIpc) is 3.20. The van der Waals surface area contributed by atoms with Crippen LogP contribution in [0.1, 0.15) is 23.9 Å². The third-order valence-corrected chi connectivity index (χ3v) is 5.79. The van der Waals surface area contributed by atoms with E-state index in [-0.39, 0.29) is 0 Å². The molecule has 0 bridgehead atoms. The van der Waals surface area contributed by atoms with Crippen LogP contribution in [0.5, 0.6) is 5.75 Å². The minimum absolute atomic E-state index is 0.583. The van der Waals surface area contributed by atoms with Gasteiger partial charge in [0.15, 0.2) is 11.8 Å². The van der Waals surface area contributed by atoms with E-state index in [2.05, 4.69) is 56.4 Å². The van der Waals surface area contributed by atoms with Gasteiger partial charge in [0.25, 0.3) is 0 Å². The zero-order valence-electron chi connectivity index (χ0n) is 20.0. The van der Waals surface area contributed by atoms with Crippen molar-refractivity contribution >= 4 is 11.6 Å². The maximum Gasteiger partial charge on any atom is 0.194 e. The van der Waals surface area contributed by atoms with Gasteiger partial charge < -0.3 is 19.9 Å². The summed E-state index contributed by atoms with van der Waals surface area (Å²) in [6.07, 6.45) is 1.89. The fourth-order valence-electron chi connectivity index (χ4n) is 4.14. The van der Waals surface area contributed by atoms with Crippen LogP contribution < -0.4 is 15.0 Å². The second kappa shape index (κ2) is 10.4. The van der Waals surface area contributed by atoms with E-state index in [4.69, 9.17) is 9.73 Å². The monoisotopic (exact) mass is 447 g/mol. The number of nitrogens with zero attached hydrogens (tertiary/aromatic N) is 6. The molecule has 3 heterocycles. The molecule has 0 radical (unpaired) electrons. The molecule has 1 N–H and O–H groups in total. The van der Waals surface area contributed by atoms with Crippen LogP contribution in [0.4, 0.5) is 5.69 Å². The summed E-state index contributed by atoms with van der Waals surface area (Å²) in [7, 11) is 1.73. The number of benzene rings is 1. The number of ether oxygens (including phenoxy) is 1. The molecule has 1 fully saturated rings. The van der Waals surface area contributed by atoms with Gasteiger partial charge in [0.1, 0.15) is 5.75 Å². The number of nitrogens with one attached hydrogen (secondary N) is 1. The number of aliphatic imine (C=N–C) groups is 1. The SMILES string of the molecule is CCNC(=NCc1ccc(-n2nc(C)cc2C)nc1)N1CCN(c2ccccc2OC)CC1. The van der Waals surface area contributed by atoms with Crippen molar-refractivity contribution in [3.63, 3.8) is 0 Å². The molecule has 0 atom stereocenters. The van der Waals surface area contributed by atoms with Crippen molar-refractivity contribution in [1.82, 2.24) is 25.0 Å². The third-order valence-electron chi connectivity index (χ3n) is 5.79. The number of methoxy groups -OCH3 is 1. The highest BCUT2D eigenvalue weighted by Gasteiger charge is 2.21. The number of hydrogen-bond acceptors (Lipinski definition) is 5. The number of piperazine rings is 1. The Morgan fingerprint density at radius 3 is 2.52 bits per heavy atom. The molecule has 2 aromatic heterocycles. The highest BCUT2D eigenvalue weighted by Crippen LogP contribution is 2.28. The first kappa shape index (κ1) is 22.6. The number of para-hydroxylation sites is 2. The summed E-state index contributed by atoms with van der Waals surface area (Å²) in [4.78, 5) is 14.2. The highest BCUT2D eigenvalue weighted by molar-refractivity contribution is 5.80. The molecule has 3 aromatic rings. The number of hydrogen-bond donors (Lipinski definition) is 1. The molecule has 0 saturated carbocycles. The standard InChI is InChI=1S/C25H33N7O/c1-5-26-25(31-14-12-30(13-15-31)22-8-6-7-9-23(22)33-4)28-18-21-10-11-24(27-17-21)32-20(3)16-19(2)29-32/h6-11,16-17H,5,12-15,18H2,1-4H3,(H,26,28). The van der Waals surface area contributed by atoms with E-state index in [1.54, 1.807) is 7.11 Å². The van der Waals surface area contributed by atoms with Gasteiger partial charge in [0.2, 0.25) is 0 Å². The Morgan fingerprint density at radius 2 is 1.88 bits per heavy atom. The fourth-order valence-corrected chi connectivity index (χ4v) is 4.14. The van der Waals surface area contributed by atoms with Crippen molar-refractivity contribution in [2.45, 2.75) is 27.3 Å². The first-order valence-electron chi connectivity index (χ1n) is 11.5. The molecule has 0 aliphatic carbocycles. The molecule has 1 saturated heterocycles. The molecule has 1 aliphatic rings. The maximum atomic E-state index is 5.54. The topological polar surface area (TPSA) is 70.8 Å². The van der Waals surface area contributed by atoms with Gasteiger partial charge in [-0.25, -0.2) is 14.7 Å². The summed E-state index contributed by atoms with van der Waals surface area (Å²) >= 11 is 0. The lowest BCUT2D eigenvalue weighted by molar-refractivity contribution is 0.367. The van der Waals surface area contributed by atoms with E-state index >= 15 is 0 Å². The van der Waals surface area contributed by atoms with Gasteiger partial charge in [-0.05, 0) is 50.6 Å². The Hall–Kier alpha value is -3.55. The quantitative estimate of drug-likeness (QED) is 0.462. The van der Waals surface area contributed by atoms with Crippen LogP contribution >= 0.6 is 0 Å². The van der Waals surface area contributed by atoms with Crippen molar-refractivity contribution in [2.24, 2.45) is 4.99 Å². The van der Waals surface area contributed by atoms with E-state index in [1.165, 1.54) is 0 Å². The van der Waals surface area contributed by atoms with Crippen LogP contribution in [-0.2, 0) is 6.54 Å².